The van der Waals surface area contributed by atoms with Crippen LogP contribution in [0.3, 0.4) is 0 Å². The largest absolute Gasteiger partial charge is 0.368 e. The molecule has 10 heteroatoms. The minimum Gasteiger partial charge on any atom is -0.368 e. The molecule has 144 valence electrons. The molecule has 1 N–H and O–H groups in total. The first-order valence-electron chi connectivity index (χ1n) is 8.25. The smallest absolute Gasteiger partial charge is 0.246 e. The minimum absolute atomic E-state index is 0.414. The highest BCUT2D eigenvalue weighted by atomic mass is 32.2. The molecule has 1 amide bonds. The van der Waals surface area contributed by atoms with Crippen molar-refractivity contribution < 1.29 is 22.0 Å². The van der Waals surface area contributed by atoms with Gasteiger partial charge in [-0.3, -0.25) is 9.78 Å². The number of carbonyl (C=O) groups excluding carboxylic acids is 1. The molecule has 0 unspecified atom stereocenters. The molecule has 1 aromatic heterocycles. The van der Waals surface area contributed by atoms with Gasteiger partial charge >= 0.3 is 0 Å². The van der Waals surface area contributed by atoms with Gasteiger partial charge in [-0.25, -0.2) is 21.9 Å². The van der Waals surface area contributed by atoms with E-state index in [-0.39, 0.29) is 0 Å². The van der Waals surface area contributed by atoms with Crippen molar-refractivity contribution in [1.82, 2.24) is 14.6 Å². The first-order chi connectivity index (χ1) is 12.9. The number of carbonyl (C=O) groups is 1. The second-order valence-corrected chi connectivity index (χ2v) is 7.65. The Bertz CT molecular complexity index is 897. The van der Waals surface area contributed by atoms with Crippen LogP contribution in [0.4, 0.5) is 14.5 Å². The number of anilines is 1. The Labute approximate surface area is 155 Å². The fourth-order valence-corrected chi connectivity index (χ4v) is 3.96. The lowest BCUT2D eigenvalue weighted by molar-refractivity contribution is -0.130. The molecule has 1 saturated heterocycles. The van der Waals surface area contributed by atoms with Crippen molar-refractivity contribution in [3.05, 3.63) is 54.4 Å². The molecule has 1 aromatic carbocycles. The van der Waals surface area contributed by atoms with Gasteiger partial charge in [0.15, 0.2) is 4.90 Å². The van der Waals surface area contributed by atoms with Crippen molar-refractivity contribution in [2.75, 3.05) is 37.6 Å². The molecule has 7 nitrogen and oxygen atoms in total. The van der Waals surface area contributed by atoms with Crippen LogP contribution in [-0.2, 0) is 14.8 Å². The number of nitrogens with zero attached hydrogens (tertiary/aromatic N) is 3. The third-order valence-corrected chi connectivity index (χ3v) is 5.71. The van der Waals surface area contributed by atoms with Gasteiger partial charge in [0.1, 0.15) is 11.6 Å². The van der Waals surface area contributed by atoms with Crippen LogP contribution in [0.5, 0.6) is 0 Å². The van der Waals surface area contributed by atoms with Crippen molar-refractivity contribution in [1.29, 1.82) is 0 Å². The van der Waals surface area contributed by atoms with E-state index in [4.69, 9.17) is 0 Å². The summed E-state index contributed by atoms with van der Waals surface area (Å²) in [5, 5.41) is 0. The fraction of sp³-hybridized carbons (Fsp3) is 0.294. The van der Waals surface area contributed by atoms with Crippen LogP contribution in [0, 0.1) is 11.6 Å². The molecule has 0 radical (unpaired) electrons. The van der Waals surface area contributed by atoms with E-state index >= 15 is 0 Å². The number of benzene rings is 1. The van der Waals surface area contributed by atoms with Crippen LogP contribution in [0.25, 0.3) is 0 Å². The van der Waals surface area contributed by atoms with Crippen molar-refractivity contribution in [3.8, 4) is 0 Å². The third-order valence-electron chi connectivity index (χ3n) is 4.26. The lowest BCUT2D eigenvalue weighted by atomic mass is 10.2. The number of rotatable bonds is 5. The van der Waals surface area contributed by atoms with Gasteiger partial charge in [-0.05, 0) is 24.3 Å². The van der Waals surface area contributed by atoms with Crippen molar-refractivity contribution in [2.45, 2.75) is 4.90 Å². The quantitative estimate of drug-likeness (QED) is 0.815. The molecule has 1 fully saturated rings. The highest BCUT2D eigenvalue weighted by Gasteiger charge is 2.26. The molecule has 0 atom stereocenters. The number of nitrogens with one attached hydrogen (secondary N) is 1. The average molecular weight is 396 g/mol. The molecule has 27 heavy (non-hydrogen) atoms. The summed E-state index contributed by atoms with van der Waals surface area (Å²) < 4.78 is 53.6. The summed E-state index contributed by atoms with van der Waals surface area (Å²) in [4.78, 5) is 18.7. The number of hydrogen-bond donors (Lipinski definition) is 1. The van der Waals surface area contributed by atoms with Gasteiger partial charge in [0.05, 0.1) is 6.54 Å². The Kier molecular flexibility index (Phi) is 5.66. The van der Waals surface area contributed by atoms with E-state index in [0.717, 1.165) is 23.9 Å². The van der Waals surface area contributed by atoms with E-state index in [2.05, 4.69) is 9.88 Å². The summed E-state index contributed by atoms with van der Waals surface area (Å²) in [6, 6.07) is 6.50. The molecule has 0 spiro atoms. The highest BCUT2D eigenvalue weighted by molar-refractivity contribution is 7.89. The summed E-state index contributed by atoms with van der Waals surface area (Å²) in [5.74, 6) is -2.87. The Morgan fingerprint density at radius 1 is 1.04 bits per heavy atom. The predicted octanol–water partition coefficient (Wildman–Crippen LogP) is 0.987. The maximum Gasteiger partial charge on any atom is 0.246 e. The second kappa shape index (κ2) is 7.97. The Morgan fingerprint density at radius 2 is 1.63 bits per heavy atom. The summed E-state index contributed by atoms with van der Waals surface area (Å²) in [6.45, 7) is 1.44. The van der Waals surface area contributed by atoms with Gasteiger partial charge in [0, 0.05) is 44.3 Å². The van der Waals surface area contributed by atoms with Crippen LogP contribution in [-0.4, -0.2) is 56.9 Å². The normalized spacial score (nSPS) is 15.0. The summed E-state index contributed by atoms with van der Waals surface area (Å²) in [7, 11) is -4.47. The van der Waals surface area contributed by atoms with Crippen LogP contribution < -0.4 is 9.62 Å². The molecule has 0 bridgehead atoms. The van der Waals surface area contributed by atoms with Crippen molar-refractivity contribution >= 4 is 21.6 Å². The summed E-state index contributed by atoms with van der Waals surface area (Å²) in [5.41, 5.74) is 0.993. The SMILES string of the molecule is O=C(CNS(=O)(=O)c1c(F)cccc1F)N1CCN(c2ccncc2)CC1. The number of piperazine rings is 1. The zero-order valence-electron chi connectivity index (χ0n) is 14.3. The Hall–Kier alpha value is -2.59. The maximum absolute atomic E-state index is 13.7. The number of pyridine rings is 1. The molecule has 1 aliphatic rings. The molecular formula is C17H18F2N4O3S. The molecule has 0 saturated carbocycles. The summed E-state index contributed by atoms with van der Waals surface area (Å²) in [6.07, 6.45) is 3.37. The van der Waals surface area contributed by atoms with Gasteiger partial charge in [-0.1, -0.05) is 6.07 Å². The Morgan fingerprint density at radius 3 is 2.22 bits per heavy atom. The van der Waals surface area contributed by atoms with Gasteiger partial charge < -0.3 is 9.80 Å². The molecule has 0 aliphatic carbocycles. The van der Waals surface area contributed by atoms with Crippen LogP contribution in [0.1, 0.15) is 0 Å². The Balaban J connectivity index is 1.57. The maximum atomic E-state index is 13.7. The number of sulfonamides is 1. The second-order valence-electron chi connectivity index (χ2n) is 5.95. The zero-order chi connectivity index (χ0) is 19.4. The van der Waals surface area contributed by atoms with Gasteiger partial charge in [0.25, 0.3) is 0 Å². The van der Waals surface area contributed by atoms with E-state index in [1.165, 1.54) is 4.90 Å². The predicted molar refractivity (Wildman–Crippen MR) is 94.6 cm³/mol. The van der Waals surface area contributed by atoms with Crippen LogP contribution >= 0.6 is 0 Å². The van der Waals surface area contributed by atoms with E-state index in [0.29, 0.717) is 26.2 Å². The minimum atomic E-state index is -4.47. The first kappa shape index (κ1) is 19.2. The van der Waals surface area contributed by atoms with Gasteiger partial charge in [-0.15, -0.1) is 0 Å². The average Bonchev–Trinajstić information content (AvgIpc) is 2.67. The molecule has 2 heterocycles. The van der Waals surface area contributed by atoms with E-state index in [1.807, 2.05) is 16.9 Å². The lowest BCUT2D eigenvalue weighted by Gasteiger charge is -2.36. The van der Waals surface area contributed by atoms with E-state index in [9.17, 15) is 22.0 Å². The number of halogens is 2. The highest BCUT2D eigenvalue weighted by Crippen LogP contribution is 2.18. The molecule has 1 aliphatic heterocycles. The van der Waals surface area contributed by atoms with Crippen molar-refractivity contribution in [3.63, 3.8) is 0 Å². The van der Waals surface area contributed by atoms with Crippen molar-refractivity contribution in [2.24, 2.45) is 0 Å². The topological polar surface area (TPSA) is 82.6 Å². The number of hydrogen-bond acceptors (Lipinski definition) is 5. The van der Waals surface area contributed by atoms with Crippen LogP contribution in [0.2, 0.25) is 0 Å². The monoisotopic (exact) mass is 396 g/mol. The third kappa shape index (κ3) is 4.40. The zero-order valence-corrected chi connectivity index (χ0v) is 15.1. The summed E-state index contributed by atoms with van der Waals surface area (Å²) >= 11 is 0. The molecule has 3 rings (SSSR count). The van der Waals surface area contributed by atoms with Gasteiger partial charge in [0.2, 0.25) is 15.9 Å². The fourth-order valence-electron chi connectivity index (χ4n) is 2.85. The molecule has 2 aromatic rings. The number of aromatic nitrogens is 1. The van der Waals surface area contributed by atoms with E-state index < -0.39 is 39.0 Å². The lowest BCUT2D eigenvalue weighted by Crippen LogP contribution is -2.51. The van der Waals surface area contributed by atoms with Gasteiger partial charge in [-0.2, -0.15) is 0 Å². The van der Waals surface area contributed by atoms with E-state index in [1.54, 1.807) is 12.4 Å². The molecular weight excluding hydrogens is 378 g/mol. The number of amides is 1. The first-order valence-corrected chi connectivity index (χ1v) is 9.73. The van der Waals surface area contributed by atoms with Crippen LogP contribution in [0.15, 0.2) is 47.6 Å². The standard InChI is InChI=1S/C17H18F2N4O3S/c18-14-2-1-3-15(19)17(14)27(25,26)21-12-16(24)23-10-8-22(9-11-23)13-4-6-20-7-5-13/h1-7,21H,8-12H2.